The van der Waals surface area contributed by atoms with Gasteiger partial charge in [0.15, 0.2) is 5.78 Å². The number of hydrogen-bond donors (Lipinski definition) is 1. The first-order chi connectivity index (χ1) is 7.22. The molecule has 0 spiro atoms. The first-order valence-corrected chi connectivity index (χ1v) is 4.52. The minimum atomic E-state index is -0.0945. The molecule has 1 aromatic rings. The van der Waals surface area contributed by atoms with Gasteiger partial charge < -0.3 is 5.11 Å². The van der Waals surface area contributed by atoms with Crippen molar-refractivity contribution in [3.05, 3.63) is 60.7 Å². The number of phenols is 1. The molecule has 0 aliphatic rings. The van der Waals surface area contributed by atoms with Gasteiger partial charge in [-0.2, -0.15) is 0 Å². The molecule has 1 rings (SSSR count). The summed E-state index contributed by atoms with van der Waals surface area (Å²) < 4.78 is 0. The molecule has 0 heterocycles. The van der Waals surface area contributed by atoms with Crippen molar-refractivity contribution < 1.29 is 9.90 Å². The van der Waals surface area contributed by atoms with Crippen LogP contribution >= 0.6 is 0 Å². The zero-order valence-corrected chi connectivity index (χ0v) is 8.26. The van der Waals surface area contributed by atoms with Gasteiger partial charge in [0.25, 0.3) is 0 Å². The van der Waals surface area contributed by atoms with Crippen LogP contribution in [0.15, 0.2) is 55.1 Å². The maximum Gasteiger partial charge on any atom is 0.178 e. The Morgan fingerprint density at radius 2 is 1.87 bits per heavy atom. The lowest BCUT2D eigenvalue weighted by molar-refractivity contribution is -0.110. The summed E-state index contributed by atoms with van der Waals surface area (Å²) in [5.41, 5.74) is 0.869. The van der Waals surface area contributed by atoms with Gasteiger partial charge >= 0.3 is 0 Å². The van der Waals surface area contributed by atoms with Crippen LogP contribution in [0.2, 0.25) is 0 Å². The second-order valence-corrected chi connectivity index (χ2v) is 2.92. The van der Waals surface area contributed by atoms with Crippen molar-refractivity contribution in [2.24, 2.45) is 0 Å². The van der Waals surface area contributed by atoms with E-state index in [-0.39, 0.29) is 11.5 Å². The Hall–Kier alpha value is -2.09. The maximum absolute atomic E-state index is 11.2. The van der Waals surface area contributed by atoms with Crippen LogP contribution in [0.3, 0.4) is 0 Å². The van der Waals surface area contributed by atoms with Crippen molar-refractivity contribution in [2.45, 2.75) is 0 Å². The van der Waals surface area contributed by atoms with Crippen molar-refractivity contribution in [1.82, 2.24) is 0 Å². The predicted molar refractivity (Wildman–Crippen MR) is 61.5 cm³/mol. The highest BCUT2D eigenvalue weighted by atomic mass is 16.3. The summed E-state index contributed by atoms with van der Waals surface area (Å²) in [6.07, 6.45) is 7.72. The average Bonchev–Trinajstić information content (AvgIpc) is 2.25. The summed E-state index contributed by atoms with van der Waals surface area (Å²) in [5, 5.41) is 9.04. The van der Waals surface area contributed by atoms with Crippen LogP contribution in [0.25, 0.3) is 6.08 Å². The fourth-order valence-corrected chi connectivity index (χ4v) is 0.982. The highest BCUT2D eigenvalue weighted by Gasteiger charge is 1.90. The van der Waals surface area contributed by atoms with Gasteiger partial charge in [0, 0.05) is 0 Å². The number of aromatic hydroxyl groups is 1. The third-order valence-corrected chi connectivity index (χ3v) is 1.73. The molecule has 2 heteroatoms. The highest BCUT2D eigenvalue weighted by molar-refractivity contribution is 6.02. The summed E-state index contributed by atoms with van der Waals surface area (Å²) in [6, 6.07) is 6.61. The van der Waals surface area contributed by atoms with E-state index in [0.717, 1.165) is 5.56 Å². The van der Waals surface area contributed by atoms with Gasteiger partial charge in [0.2, 0.25) is 0 Å². The fraction of sp³-hybridized carbons (Fsp3) is 0. The molecular weight excluding hydrogens is 188 g/mol. The smallest absolute Gasteiger partial charge is 0.178 e. The average molecular weight is 200 g/mol. The molecule has 0 unspecified atom stereocenters. The first-order valence-electron chi connectivity index (χ1n) is 4.52. The molecule has 0 radical (unpaired) electrons. The SMILES string of the molecule is C=CC=CC(=O)C=Cc1ccc(O)cc1. The number of phenolic OH excluding ortho intramolecular Hbond substituents is 1. The zero-order chi connectivity index (χ0) is 11.1. The Morgan fingerprint density at radius 1 is 1.20 bits per heavy atom. The topological polar surface area (TPSA) is 37.3 Å². The van der Waals surface area contributed by atoms with Gasteiger partial charge in [-0.25, -0.2) is 0 Å². The Bertz CT molecular complexity index is 397. The van der Waals surface area contributed by atoms with Gasteiger partial charge in [-0.05, 0) is 29.8 Å². The predicted octanol–water partition coefficient (Wildman–Crippen LogP) is 2.72. The van der Waals surface area contributed by atoms with Gasteiger partial charge in [0.05, 0.1) is 0 Å². The molecule has 1 N–H and O–H groups in total. The van der Waals surface area contributed by atoms with Gasteiger partial charge in [0.1, 0.15) is 5.75 Å². The third-order valence-electron chi connectivity index (χ3n) is 1.73. The molecule has 0 aliphatic heterocycles. The van der Waals surface area contributed by atoms with E-state index >= 15 is 0 Å². The van der Waals surface area contributed by atoms with Crippen LogP contribution in [0.4, 0.5) is 0 Å². The largest absolute Gasteiger partial charge is 0.508 e. The maximum atomic E-state index is 11.2. The molecule has 15 heavy (non-hydrogen) atoms. The summed E-state index contributed by atoms with van der Waals surface area (Å²) in [6.45, 7) is 3.47. The minimum Gasteiger partial charge on any atom is -0.508 e. The van der Waals surface area contributed by atoms with E-state index in [0.29, 0.717) is 0 Å². The van der Waals surface area contributed by atoms with E-state index in [1.165, 1.54) is 12.2 Å². The van der Waals surface area contributed by atoms with Crippen LogP contribution in [0.1, 0.15) is 5.56 Å². The highest BCUT2D eigenvalue weighted by Crippen LogP contribution is 2.10. The van der Waals surface area contributed by atoms with E-state index in [1.54, 1.807) is 42.5 Å². The second-order valence-electron chi connectivity index (χ2n) is 2.92. The quantitative estimate of drug-likeness (QED) is 0.599. The summed E-state index contributed by atoms with van der Waals surface area (Å²) in [4.78, 5) is 11.2. The second kappa shape index (κ2) is 5.60. The molecule has 76 valence electrons. The molecule has 0 fully saturated rings. The summed E-state index contributed by atoms with van der Waals surface area (Å²) in [7, 11) is 0. The summed E-state index contributed by atoms with van der Waals surface area (Å²) in [5.74, 6) is 0.119. The number of carbonyl (C=O) groups excluding carboxylic acids is 1. The molecule has 0 aliphatic carbocycles. The molecule has 0 aromatic heterocycles. The van der Waals surface area contributed by atoms with Crippen molar-refractivity contribution in [1.29, 1.82) is 0 Å². The van der Waals surface area contributed by atoms with Crippen molar-refractivity contribution >= 4 is 11.9 Å². The molecule has 2 nitrogen and oxygen atoms in total. The van der Waals surface area contributed by atoms with Crippen LogP contribution < -0.4 is 0 Å². The third kappa shape index (κ3) is 4.09. The normalized spacial score (nSPS) is 10.9. The minimum absolute atomic E-state index is 0.0945. The van der Waals surface area contributed by atoms with E-state index in [2.05, 4.69) is 6.58 Å². The van der Waals surface area contributed by atoms with Gasteiger partial charge in [-0.3, -0.25) is 4.79 Å². The van der Waals surface area contributed by atoms with Crippen LogP contribution in [-0.4, -0.2) is 10.9 Å². The fourth-order valence-electron chi connectivity index (χ4n) is 0.982. The van der Waals surface area contributed by atoms with Crippen LogP contribution in [-0.2, 0) is 4.79 Å². The van der Waals surface area contributed by atoms with E-state index < -0.39 is 0 Å². The van der Waals surface area contributed by atoms with Crippen LogP contribution in [0, 0.1) is 0 Å². The number of hydrogen-bond acceptors (Lipinski definition) is 2. The monoisotopic (exact) mass is 200 g/mol. The molecule has 1 aromatic carbocycles. The number of ketones is 1. The van der Waals surface area contributed by atoms with E-state index in [4.69, 9.17) is 5.11 Å². The lowest BCUT2D eigenvalue weighted by Crippen LogP contribution is -1.83. The molecule has 0 bridgehead atoms. The Morgan fingerprint density at radius 3 is 2.47 bits per heavy atom. The molecule has 0 saturated heterocycles. The number of allylic oxidation sites excluding steroid dienone is 4. The summed E-state index contributed by atoms with van der Waals surface area (Å²) >= 11 is 0. The van der Waals surface area contributed by atoms with E-state index in [9.17, 15) is 4.79 Å². The van der Waals surface area contributed by atoms with Gasteiger partial charge in [-0.15, -0.1) is 0 Å². The lowest BCUT2D eigenvalue weighted by atomic mass is 10.2. The van der Waals surface area contributed by atoms with Crippen molar-refractivity contribution in [3.63, 3.8) is 0 Å². The Kier molecular flexibility index (Phi) is 4.10. The Balaban J connectivity index is 2.65. The molecular formula is C13H12O2. The molecule has 0 amide bonds. The Labute approximate surface area is 88.9 Å². The number of benzene rings is 1. The number of rotatable bonds is 4. The van der Waals surface area contributed by atoms with Crippen LogP contribution in [0.5, 0.6) is 5.75 Å². The van der Waals surface area contributed by atoms with E-state index in [1.807, 2.05) is 0 Å². The van der Waals surface area contributed by atoms with Crippen molar-refractivity contribution in [3.8, 4) is 5.75 Å². The number of carbonyl (C=O) groups is 1. The standard InChI is InChI=1S/C13H12O2/c1-2-3-4-12(14)8-5-11-6-9-13(15)10-7-11/h2-10,15H,1H2. The molecule has 0 atom stereocenters. The van der Waals surface area contributed by atoms with Gasteiger partial charge in [-0.1, -0.05) is 36.9 Å². The zero-order valence-electron chi connectivity index (χ0n) is 8.26. The first kappa shape index (κ1) is 11.0. The van der Waals surface area contributed by atoms with Crippen molar-refractivity contribution in [2.75, 3.05) is 0 Å². The molecule has 0 saturated carbocycles. The lowest BCUT2D eigenvalue weighted by Gasteiger charge is -1.92.